The topological polar surface area (TPSA) is 61.4 Å². The van der Waals surface area contributed by atoms with Gasteiger partial charge in [-0.25, -0.2) is 13.2 Å². The van der Waals surface area contributed by atoms with Crippen molar-refractivity contribution in [1.29, 1.82) is 0 Å². The lowest BCUT2D eigenvalue weighted by Crippen LogP contribution is -2.32. The molecule has 1 aliphatic heterocycles. The van der Waals surface area contributed by atoms with E-state index in [2.05, 4.69) is 10.6 Å². The van der Waals surface area contributed by atoms with Crippen LogP contribution in [0.1, 0.15) is 19.8 Å². The van der Waals surface area contributed by atoms with Crippen molar-refractivity contribution in [2.45, 2.75) is 25.8 Å². The van der Waals surface area contributed by atoms with E-state index >= 15 is 0 Å². The molecule has 2 amide bonds. The second kappa shape index (κ2) is 7.69. The van der Waals surface area contributed by atoms with Crippen molar-refractivity contribution in [2.75, 3.05) is 22.1 Å². The minimum absolute atomic E-state index is 0.0806. The van der Waals surface area contributed by atoms with Crippen molar-refractivity contribution in [3.05, 3.63) is 53.8 Å². The van der Waals surface area contributed by atoms with Crippen molar-refractivity contribution < 1.29 is 22.8 Å². The molecule has 5 nitrogen and oxygen atoms in total. The summed E-state index contributed by atoms with van der Waals surface area (Å²) in [5.74, 6) is -4.94. The van der Waals surface area contributed by atoms with Gasteiger partial charge in [0.05, 0.1) is 5.69 Å². The lowest BCUT2D eigenvalue weighted by molar-refractivity contribution is -0.117. The molecule has 0 saturated carbocycles. The highest BCUT2D eigenvalue weighted by Gasteiger charge is 2.22. The molecular weight excluding hydrogens is 359 g/mol. The summed E-state index contributed by atoms with van der Waals surface area (Å²) >= 11 is 0. The Morgan fingerprint density at radius 3 is 2.41 bits per heavy atom. The SMILES string of the molecule is C[C@@H](Nc1ccc(N2CCCC2=O)cc1)C(=O)Nc1ccc(F)c(F)c1F. The van der Waals surface area contributed by atoms with E-state index < -0.39 is 35.1 Å². The zero-order valence-electron chi connectivity index (χ0n) is 14.6. The normalized spacial score (nSPS) is 15.0. The van der Waals surface area contributed by atoms with E-state index in [0.29, 0.717) is 18.7 Å². The molecule has 1 aliphatic rings. The first kappa shape index (κ1) is 18.8. The summed E-state index contributed by atoms with van der Waals surface area (Å²) in [7, 11) is 0. The van der Waals surface area contributed by atoms with Crippen LogP contribution < -0.4 is 15.5 Å². The summed E-state index contributed by atoms with van der Waals surface area (Å²) in [4.78, 5) is 25.6. The number of benzene rings is 2. The van der Waals surface area contributed by atoms with Crippen LogP contribution in [0, 0.1) is 17.5 Å². The predicted molar refractivity (Wildman–Crippen MR) is 96.1 cm³/mol. The lowest BCUT2D eigenvalue weighted by Gasteiger charge is -2.18. The van der Waals surface area contributed by atoms with E-state index in [1.807, 2.05) is 0 Å². The summed E-state index contributed by atoms with van der Waals surface area (Å²) in [6.07, 6.45) is 1.37. The second-order valence-corrected chi connectivity index (χ2v) is 6.27. The first-order chi connectivity index (χ1) is 12.9. The smallest absolute Gasteiger partial charge is 0.246 e. The van der Waals surface area contributed by atoms with Gasteiger partial charge in [-0.3, -0.25) is 9.59 Å². The fourth-order valence-corrected chi connectivity index (χ4v) is 2.84. The van der Waals surface area contributed by atoms with Gasteiger partial charge in [-0.2, -0.15) is 0 Å². The molecule has 2 N–H and O–H groups in total. The standard InChI is InChI=1S/C19H18F3N3O2/c1-11(19(27)24-15-9-8-14(20)17(21)18(15)22)23-12-4-6-13(7-5-12)25-10-2-3-16(25)26/h4-9,11,23H,2-3,10H2,1H3,(H,24,27)/t11-/m1/s1. The number of rotatable bonds is 5. The molecule has 0 aromatic heterocycles. The van der Waals surface area contributed by atoms with Crippen LogP contribution in [-0.4, -0.2) is 24.4 Å². The van der Waals surface area contributed by atoms with E-state index in [9.17, 15) is 22.8 Å². The van der Waals surface area contributed by atoms with E-state index in [1.54, 1.807) is 36.1 Å². The molecule has 0 unspecified atom stereocenters. The molecule has 142 valence electrons. The van der Waals surface area contributed by atoms with Gasteiger partial charge in [0, 0.05) is 24.3 Å². The average Bonchev–Trinajstić information content (AvgIpc) is 3.08. The highest BCUT2D eigenvalue weighted by molar-refractivity contribution is 5.97. The Balaban J connectivity index is 1.63. The highest BCUT2D eigenvalue weighted by Crippen LogP contribution is 2.24. The van der Waals surface area contributed by atoms with Gasteiger partial charge >= 0.3 is 0 Å². The molecule has 2 aromatic rings. The molecule has 8 heteroatoms. The first-order valence-corrected chi connectivity index (χ1v) is 8.48. The molecule has 1 fully saturated rings. The van der Waals surface area contributed by atoms with Gasteiger partial charge in [-0.15, -0.1) is 0 Å². The number of amides is 2. The van der Waals surface area contributed by atoms with Crippen LogP contribution in [0.15, 0.2) is 36.4 Å². The number of halogens is 3. The maximum absolute atomic E-state index is 13.7. The minimum atomic E-state index is -1.64. The summed E-state index contributed by atoms with van der Waals surface area (Å²) in [5, 5.41) is 5.15. The van der Waals surface area contributed by atoms with E-state index in [4.69, 9.17) is 0 Å². The van der Waals surface area contributed by atoms with E-state index in [1.165, 1.54) is 0 Å². The molecule has 0 spiro atoms. The molecular formula is C19H18F3N3O2. The average molecular weight is 377 g/mol. The minimum Gasteiger partial charge on any atom is -0.374 e. The highest BCUT2D eigenvalue weighted by atomic mass is 19.2. The number of nitrogens with one attached hydrogen (secondary N) is 2. The van der Waals surface area contributed by atoms with Crippen LogP contribution >= 0.6 is 0 Å². The van der Waals surface area contributed by atoms with Crippen LogP contribution in [0.25, 0.3) is 0 Å². The monoisotopic (exact) mass is 377 g/mol. The molecule has 0 bridgehead atoms. The molecule has 1 heterocycles. The Hall–Kier alpha value is -3.03. The van der Waals surface area contributed by atoms with Gasteiger partial charge in [0.25, 0.3) is 0 Å². The molecule has 1 saturated heterocycles. The molecule has 3 rings (SSSR count). The van der Waals surface area contributed by atoms with Crippen molar-refractivity contribution in [2.24, 2.45) is 0 Å². The number of anilines is 3. The first-order valence-electron chi connectivity index (χ1n) is 8.48. The van der Waals surface area contributed by atoms with Gasteiger partial charge in [0.2, 0.25) is 11.8 Å². The van der Waals surface area contributed by atoms with Crippen molar-refractivity contribution >= 4 is 28.9 Å². The summed E-state index contributed by atoms with van der Waals surface area (Å²) in [5.41, 5.74) is 0.971. The van der Waals surface area contributed by atoms with Gasteiger partial charge in [0.1, 0.15) is 6.04 Å². The van der Waals surface area contributed by atoms with Crippen LogP contribution in [0.3, 0.4) is 0 Å². The van der Waals surface area contributed by atoms with Gasteiger partial charge in [-0.1, -0.05) is 0 Å². The predicted octanol–water partition coefficient (Wildman–Crippen LogP) is 3.67. The quantitative estimate of drug-likeness (QED) is 0.782. The summed E-state index contributed by atoms with van der Waals surface area (Å²) in [6, 6.07) is 7.92. The number of carbonyl (C=O) groups excluding carboxylic acids is 2. The number of hydrogen-bond donors (Lipinski definition) is 2. The van der Waals surface area contributed by atoms with Gasteiger partial charge in [0.15, 0.2) is 17.5 Å². The fraction of sp³-hybridized carbons (Fsp3) is 0.263. The Bertz CT molecular complexity index is 871. The molecule has 27 heavy (non-hydrogen) atoms. The van der Waals surface area contributed by atoms with Crippen molar-refractivity contribution in [3.8, 4) is 0 Å². The Morgan fingerprint density at radius 2 is 1.78 bits per heavy atom. The molecule has 0 aliphatic carbocycles. The van der Waals surface area contributed by atoms with Crippen molar-refractivity contribution in [1.82, 2.24) is 0 Å². The lowest BCUT2D eigenvalue weighted by atomic mass is 10.2. The Kier molecular flexibility index (Phi) is 5.34. The van der Waals surface area contributed by atoms with Crippen LogP contribution in [0.5, 0.6) is 0 Å². The van der Waals surface area contributed by atoms with Gasteiger partial charge < -0.3 is 15.5 Å². The second-order valence-electron chi connectivity index (χ2n) is 6.27. The van der Waals surface area contributed by atoms with Crippen LogP contribution in [-0.2, 0) is 9.59 Å². The number of hydrogen-bond acceptors (Lipinski definition) is 3. The maximum Gasteiger partial charge on any atom is 0.246 e. The summed E-state index contributed by atoms with van der Waals surface area (Å²) < 4.78 is 39.8. The zero-order valence-corrected chi connectivity index (χ0v) is 14.6. The number of carbonyl (C=O) groups is 2. The largest absolute Gasteiger partial charge is 0.374 e. The third-order valence-corrected chi connectivity index (χ3v) is 4.32. The summed E-state index contributed by atoms with van der Waals surface area (Å²) in [6.45, 7) is 2.23. The maximum atomic E-state index is 13.7. The fourth-order valence-electron chi connectivity index (χ4n) is 2.84. The third-order valence-electron chi connectivity index (χ3n) is 4.32. The third kappa shape index (κ3) is 4.05. The molecule has 1 atom stereocenters. The number of nitrogens with zero attached hydrogens (tertiary/aromatic N) is 1. The van der Waals surface area contributed by atoms with Crippen LogP contribution in [0.2, 0.25) is 0 Å². The van der Waals surface area contributed by atoms with Crippen molar-refractivity contribution in [3.63, 3.8) is 0 Å². The zero-order chi connectivity index (χ0) is 19.6. The molecule has 2 aromatic carbocycles. The Labute approximate surface area is 154 Å². The molecule has 0 radical (unpaired) electrons. The van der Waals surface area contributed by atoms with E-state index in [-0.39, 0.29) is 5.91 Å². The van der Waals surface area contributed by atoms with Gasteiger partial charge in [-0.05, 0) is 49.7 Å². The van der Waals surface area contributed by atoms with E-state index in [0.717, 1.165) is 24.2 Å². The Morgan fingerprint density at radius 1 is 1.07 bits per heavy atom. The van der Waals surface area contributed by atoms with Crippen LogP contribution in [0.4, 0.5) is 30.2 Å².